The van der Waals surface area contributed by atoms with E-state index in [0.29, 0.717) is 0 Å². The van der Waals surface area contributed by atoms with E-state index in [-0.39, 0.29) is 6.04 Å². The Morgan fingerprint density at radius 3 is 2.59 bits per heavy atom. The van der Waals surface area contributed by atoms with E-state index in [1.807, 2.05) is 37.3 Å². The lowest BCUT2D eigenvalue weighted by Gasteiger charge is -2.15. The molecule has 17 heavy (non-hydrogen) atoms. The lowest BCUT2D eigenvalue weighted by atomic mass is 9.97. The van der Waals surface area contributed by atoms with Crippen LogP contribution in [-0.2, 0) is 6.42 Å². The van der Waals surface area contributed by atoms with Crippen LogP contribution >= 0.6 is 11.6 Å². The molecule has 1 unspecified atom stereocenters. The minimum absolute atomic E-state index is 0.00494. The summed E-state index contributed by atoms with van der Waals surface area (Å²) in [4.78, 5) is 4.00. The zero-order valence-electron chi connectivity index (χ0n) is 9.73. The number of aromatic nitrogens is 1. The van der Waals surface area contributed by atoms with E-state index in [1.165, 1.54) is 5.56 Å². The highest BCUT2D eigenvalue weighted by atomic mass is 35.5. The Morgan fingerprint density at radius 2 is 1.94 bits per heavy atom. The van der Waals surface area contributed by atoms with Crippen LogP contribution in [0.5, 0.6) is 0 Å². The molecule has 1 aromatic carbocycles. The minimum Gasteiger partial charge on any atom is -0.324 e. The van der Waals surface area contributed by atoms with Crippen LogP contribution in [0, 0.1) is 6.92 Å². The van der Waals surface area contributed by atoms with Crippen molar-refractivity contribution in [3.05, 3.63) is 64.4 Å². The molecule has 3 heteroatoms. The normalized spacial score (nSPS) is 12.4. The van der Waals surface area contributed by atoms with E-state index in [4.69, 9.17) is 17.3 Å². The van der Waals surface area contributed by atoms with Crippen molar-refractivity contribution in [2.45, 2.75) is 19.4 Å². The highest BCUT2D eigenvalue weighted by molar-refractivity contribution is 6.30. The van der Waals surface area contributed by atoms with E-state index < -0.39 is 0 Å². The fourth-order valence-electron chi connectivity index (χ4n) is 1.94. The van der Waals surface area contributed by atoms with Crippen LogP contribution in [0.3, 0.4) is 0 Å². The van der Waals surface area contributed by atoms with Crippen molar-refractivity contribution in [3.63, 3.8) is 0 Å². The van der Waals surface area contributed by atoms with Gasteiger partial charge < -0.3 is 5.73 Å². The standard InChI is InChI=1S/C14H15ClN2/c1-10-8-12(15)2-3-13(10)14(16)9-11-4-6-17-7-5-11/h2-8,14H,9,16H2,1H3. The summed E-state index contributed by atoms with van der Waals surface area (Å²) in [5.41, 5.74) is 9.69. The average molecular weight is 247 g/mol. The highest BCUT2D eigenvalue weighted by Gasteiger charge is 2.09. The molecule has 2 aromatic rings. The van der Waals surface area contributed by atoms with E-state index in [0.717, 1.165) is 22.6 Å². The van der Waals surface area contributed by atoms with Crippen molar-refractivity contribution in [1.29, 1.82) is 0 Å². The van der Waals surface area contributed by atoms with E-state index in [2.05, 4.69) is 4.98 Å². The summed E-state index contributed by atoms with van der Waals surface area (Å²) in [7, 11) is 0. The van der Waals surface area contributed by atoms with Crippen molar-refractivity contribution >= 4 is 11.6 Å². The number of hydrogen-bond donors (Lipinski definition) is 1. The smallest absolute Gasteiger partial charge is 0.0408 e. The topological polar surface area (TPSA) is 38.9 Å². The van der Waals surface area contributed by atoms with Gasteiger partial charge in [0.2, 0.25) is 0 Å². The molecule has 1 atom stereocenters. The Hall–Kier alpha value is -1.38. The van der Waals surface area contributed by atoms with Gasteiger partial charge in [-0.1, -0.05) is 17.7 Å². The van der Waals surface area contributed by atoms with E-state index >= 15 is 0 Å². The molecule has 2 N–H and O–H groups in total. The number of rotatable bonds is 3. The van der Waals surface area contributed by atoms with Gasteiger partial charge in [0, 0.05) is 23.5 Å². The number of halogens is 1. The molecule has 88 valence electrons. The van der Waals surface area contributed by atoms with E-state index in [1.54, 1.807) is 12.4 Å². The lowest BCUT2D eigenvalue weighted by molar-refractivity contribution is 0.716. The summed E-state index contributed by atoms with van der Waals surface area (Å²) >= 11 is 5.93. The van der Waals surface area contributed by atoms with Gasteiger partial charge in [-0.15, -0.1) is 0 Å². The molecule has 0 aliphatic rings. The number of nitrogens with two attached hydrogens (primary N) is 1. The van der Waals surface area contributed by atoms with Crippen LogP contribution in [0.15, 0.2) is 42.7 Å². The third-order valence-electron chi connectivity index (χ3n) is 2.84. The second-order valence-electron chi connectivity index (χ2n) is 4.17. The molecule has 0 fully saturated rings. The molecular formula is C14H15ClN2. The van der Waals surface area contributed by atoms with Gasteiger partial charge in [-0.3, -0.25) is 4.98 Å². The van der Waals surface area contributed by atoms with Gasteiger partial charge in [-0.25, -0.2) is 0 Å². The Kier molecular flexibility index (Phi) is 3.77. The number of benzene rings is 1. The summed E-state index contributed by atoms with van der Waals surface area (Å²) in [5.74, 6) is 0. The summed E-state index contributed by atoms with van der Waals surface area (Å²) in [5, 5.41) is 0.752. The van der Waals surface area contributed by atoms with Crippen LogP contribution < -0.4 is 5.73 Å². The van der Waals surface area contributed by atoms with Gasteiger partial charge in [-0.05, 0) is 54.3 Å². The molecule has 1 aromatic heterocycles. The summed E-state index contributed by atoms with van der Waals surface area (Å²) in [6.07, 6.45) is 4.39. The predicted octanol–water partition coefficient (Wildman–Crippen LogP) is 3.29. The Balaban J connectivity index is 2.17. The van der Waals surface area contributed by atoms with Crippen LogP contribution in [0.25, 0.3) is 0 Å². The van der Waals surface area contributed by atoms with Crippen molar-refractivity contribution < 1.29 is 0 Å². The van der Waals surface area contributed by atoms with Gasteiger partial charge in [0.25, 0.3) is 0 Å². The number of aryl methyl sites for hydroxylation is 1. The maximum absolute atomic E-state index is 6.21. The monoisotopic (exact) mass is 246 g/mol. The third-order valence-corrected chi connectivity index (χ3v) is 3.07. The molecule has 2 rings (SSSR count). The quantitative estimate of drug-likeness (QED) is 0.903. The van der Waals surface area contributed by atoms with Gasteiger partial charge in [-0.2, -0.15) is 0 Å². The van der Waals surface area contributed by atoms with Crippen LogP contribution in [0.4, 0.5) is 0 Å². The SMILES string of the molecule is Cc1cc(Cl)ccc1C(N)Cc1ccncc1. The lowest BCUT2D eigenvalue weighted by Crippen LogP contribution is -2.14. The van der Waals surface area contributed by atoms with Crippen molar-refractivity contribution in [3.8, 4) is 0 Å². The maximum atomic E-state index is 6.21. The average Bonchev–Trinajstić information content (AvgIpc) is 2.30. The van der Waals surface area contributed by atoms with Gasteiger partial charge in [0.1, 0.15) is 0 Å². The fraction of sp³-hybridized carbons (Fsp3) is 0.214. The summed E-state index contributed by atoms with van der Waals surface area (Å²) < 4.78 is 0. The molecule has 2 nitrogen and oxygen atoms in total. The first-order chi connectivity index (χ1) is 8.16. The molecule has 1 heterocycles. The predicted molar refractivity (Wildman–Crippen MR) is 71.1 cm³/mol. The summed E-state index contributed by atoms with van der Waals surface area (Å²) in [6.45, 7) is 2.04. The van der Waals surface area contributed by atoms with Crippen LogP contribution in [0.1, 0.15) is 22.7 Å². The second kappa shape index (κ2) is 5.30. The molecular weight excluding hydrogens is 232 g/mol. The third kappa shape index (κ3) is 3.05. The molecule has 0 aliphatic heterocycles. The van der Waals surface area contributed by atoms with Crippen molar-refractivity contribution in [2.24, 2.45) is 5.73 Å². The number of pyridine rings is 1. The van der Waals surface area contributed by atoms with Crippen LogP contribution in [0.2, 0.25) is 5.02 Å². The molecule has 0 radical (unpaired) electrons. The first-order valence-corrected chi connectivity index (χ1v) is 5.95. The largest absolute Gasteiger partial charge is 0.324 e. The molecule has 0 spiro atoms. The van der Waals surface area contributed by atoms with Crippen molar-refractivity contribution in [1.82, 2.24) is 4.98 Å². The molecule has 0 amide bonds. The molecule has 0 bridgehead atoms. The highest BCUT2D eigenvalue weighted by Crippen LogP contribution is 2.22. The molecule has 0 aliphatic carbocycles. The number of nitrogens with zero attached hydrogens (tertiary/aromatic N) is 1. The van der Waals surface area contributed by atoms with Crippen molar-refractivity contribution in [2.75, 3.05) is 0 Å². The van der Waals surface area contributed by atoms with Gasteiger partial charge in [0.15, 0.2) is 0 Å². The summed E-state index contributed by atoms with van der Waals surface area (Å²) in [6, 6.07) is 9.81. The Labute approximate surface area is 106 Å². The first-order valence-electron chi connectivity index (χ1n) is 5.57. The van der Waals surface area contributed by atoms with Gasteiger partial charge >= 0.3 is 0 Å². The maximum Gasteiger partial charge on any atom is 0.0408 e. The van der Waals surface area contributed by atoms with E-state index in [9.17, 15) is 0 Å². The Morgan fingerprint density at radius 1 is 1.24 bits per heavy atom. The number of hydrogen-bond acceptors (Lipinski definition) is 2. The zero-order valence-corrected chi connectivity index (χ0v) is 10.5. The molecule has 0 saturated heterocycles. The minimum atomic E-state index is -0.00494. The van der Waals surface area contributed by atoms with Crippen LogP contribution in [-0.4, -0.2) is 4.98 Å². The van der Waals surface area contributed by atoms with Gasteiger partial charge in [0.05, 0.1) is 0 Å². The fourth-order valence-corrected chi connectivity index (χ4v) is 2.16. The zero-order chi connectivity index (χ0) is 12.3. The Bertz CT molecular complexity index is 497. The second-order valence-corrected chi connectivity index (χ2v) is 4.60. The first kappa shape index (κ1) is 12.1. The molecule has 0 saturated carbocycles.